The number of aromatic nitrogens is 4. The maximum Gasteiger partial charge on any atom is 0.358 e. The van der Waals surface area contributed by atoms with Crippen molar-refractivity contribution < 1.29 is 14.6 Å². The smallest absolute Gasteiger partial charge is 0.358 e. The van der Waals surface area contributed by atoms with E-state index in [1.807, 2.05) is 0 Å². The van der Waals surface area contributed by atoms with Crippen LogP contribution >= 0.6 is 0 Å². The van der Waals surface area contributed by atoms with Gasteiger partial charge in [0.05, 0.1) is 6.61 Å². The molecule has 7 heteroatoms. The SMILES string of the molecule is O=C(O)c1nnn(CC2CCOC2)c1-c1cccnc1. The minimum atomic E-state index is -1.09. The van der Waals surface area contributed by atoms with Crippen LogP contribution in [0.15, 0.2) is 24.5 Å². The molecule has 1 N–H and O–H groups in total. The Kier molecular flexibility index (Phi) is 3.42. The van der Waals surface area contributed by atoms with Crippen molar-refractivity contribution in [1.29, 1.82) is 0 Å². The van der Waals surface area contributed by atoms with Gasteiger partial charge in [-0.05, 0) is 18.6 Å². The number of hydrogen-bond donors (Lipinski definition) is 1. The molecule has 0 bridgehead atoms. The Morgan fingerprint density at radius 2 is 2.45 bits per heavy atom. The molecule has 1 fully saturated rings. The zero-order chi connectivity index (χ0) is 13.9. The molecule has 7 nitrogen and oxygen atoms in total. The third-order valence-electron chi connectivity index (χ3n) is 3.33. The van der Waals surface area contributed by atoms with Crippen molar-refractivity contribution in [2.45, 2.75) is 13.0 Å². The summed E-state index contributed by atoms with van der Waals surface area (Å²) in [7, 11) is 0. The Bertz CT molecular complexity index is 605. The normalized spacial score (nSPS) is 18.3. The van der Waals surface area contributed by atoms with Gasteiger partial charge in [-0.15, -0.1) is 5.10 Å². The Morgan fingerprint density at radius 1 is 1.55 bits per heavy atom. The van der Waals surface area contributed by atoms with Gasteiger partial charge in [0.15, 0.2) is 5.69 Å². The van der Waals surface area contributed by atoms with Crippen LogP contribution in [0.3, 0.4) is 0 Å². The van der Waals surface area contributed by atoms with Gasteiger partial charge in [0.2, 0.25) is 0 Å². The van der Waals surface area contributed by atoms with E-state index in [9.17, 15) is 9.90 Å². The fourth-order valence-corrected chi connectivity index (χ4v) is 2.35. The van der Waals surface area contributed by atoms with Crippen LogP contribution < -0.4 is 0 Å². The summed E-state index contributed by atoms with van der Waals surface area (Å²) >= 11 is 0. The lowest BCUT2D eigenvalue weighted by Gasteiger charge is -2.10. The van der Waals surface area contributed by atoms with Crippen molar-refractivity contribution >= 4 is 5.97 Å². The van der Waals surface area contributed by atoms with Crippen LogP contribution in [0.5, 0.6) is 0 Å². The molecule has 0 aromatic carbocycles. The van der Waals surface area contributed by atoms with Gasteiger partial charge < -0.3 is 9.84 Å². The van der Waals surface area contributed by atoms with E-state index in [1.165, 1.54) is 0 Å². The Labute approximate surface area is 115 Å². The quantitative estimate of drug-likeness (QED) is 0.897. The lowest BCUT2D eigenvalue weighted by atomic mass is 10.1. The summed E-state index contributed by atoms with van der Waals surface area (Å²) < 4.78 is 6.98. The van der Waals surface area contributed by atoms with Crippen molar-refractivity contribution in [3.8, 4) is 11.3 Å². The van der Waals surface area contributed by atoms with Crippen LogP contribution in [0, 0.1) is 5.92 Å². The molecule has 0 saturated carbocycles. The maximum absolute atomic E-state index is 11.3. The van der Waals surface area contributed by atoms with Crippen LogP contribution in [-0.2, 0) is 11.3 Å². The molecular formula is C13H14N4O3. The average Bonchev–Trinajstić information content (AvgIpc) is 3.09. The second kappa shape index (κ2) is 5.38. The van der Waals surface area contributed by atoms with Crippen LogP contribution in [0.4, 0.5) is 0 Å². The first-order valence-electron chi connectivity index (χ1n) is 6.40. The average molecular weight is 274 g/mol. The number of ether oxygens (including phenoxy) is 1. The number of carbonyl (C=O) groups is 1. The van der Waals surface area contributed by atoms with Crippen molar-refractivity contribution in [3.05, 3.63) is 30.2 Å². The number of carboxylic acids is 1. The van der Waals surface area contributed by atoms with E-state index >= 15 is 0 Å². The number of hydrogen-bond acceptors (Lipinski definition) is 5. The van der Waals surface area contributed by atoms with Gasteiger partial charge in [-0.3, -0.25) is 4.98 Å². The number of carboxylic acid groups (broad SMARTS) is 1. The van der Waals surface area contributed by atoms with Gasteiger partial charge >= 0.3 is 5.97 Å². The minimum absolute atomic E-state index is 0.0445. The molecule has 3 rings (SSSR count). The lowest BCUT2D eigenvalue weighted by Crippen LogP contribution is -2.13. The van der Waals surface area contributed by atoms with E-state index in [2.05, 4.69) is 15.3 Å². The molecular weight excluding hydrogens is 260 g/mol. The third kappa shape index (κ3) is 2.39. The van der Waals surface area contributed by atoms with E-state index in [0.29, 0.717) is 30.3 Å². The van der Waals surface area contributed by atoms with Gasteiger partial charge in [-0.2, -0.15) is 0 Å². The highest BCUT2D eigenvalue weighted by atomic mass is 16.5. The molecule has 1 aliphatic rings. The lowest BCUT2D eigenvalue weighted by molar-refractivity contribution is 0.0691. The fourth-order valence-electron chi connectivity index (χ4n) is 2.35. The third-order valence-corrected chi connectivity index (χ3v) is 3.33. The Hall–Kier alpha value is -2.28. The van der Waals surface area contributed by atoms with Crippen molar-refractivity contribution in [2.75, 3.05) is 13.2 Å². The second-order valence-corrected chi connectivity index (χ2v) is 4.75. The molecule has 2 aromatic heterocycles. The molecule has 0 amide bonds. The zero-order valence-corrected chi connectivity index (χ0v) is 10.8. The van der Waals surface area contributed by atoms with Gasteiger partial charge in [-0.1, -0.05) is 5.21 Å². The van der Waals surface area contributed by atoms with Crippen LogP contribution in [0.25, 0.3) is 11.3 Å². The molecule has 104 valence electrons. The summed E-state index contributed by atoms with van der Waals surface area (Å²) in [5.41, 5.74) is 1.16. The molecule has 0 aliphatic carbocycles. The molecule has 0 spiro atoms. The van der Waals surface area contributed by atoms with Crippen molar-refractivity contribution in [1.82, 2.24) is 20.0 Å². The first-order valence-corrected chi connectivity index (χ1v) is 6.40. The van der Waals surface area contributed by atoms with E-state index in [4.69, 9.17) is 4.74 Å². The van der Waals surface area contributed by atoms with Crippen molar-refractivity contribution in [3.63, 3.8) is 0 Å². The molecule has 1 atom stereocenters. The van der Waals surface area contributed by atoms with Gasteiger partial charge in [-0.25, -0.2) is 9.48 Å². The van der Waals surface area contributed by atoms with Crippen molar-refractivity contribution in [2.24, 2.45) is 5.92 Å². The largest absolute Gasteiger partial charge is 0.476 e. The van der Waals surface area contributed by atoms with Gasteiger partial charge in [0, 0.05) is 37.0 Å². The summed E-state index contributed by atoms with van der Waals surface area (Å²) in [5.74, 6) is -0.744. The summed E-state index contributed by atoms with van der Waals surface area (Å²) in [6, 6.07) is 3.57. The van der Waals surface area contributed by atoms with Crippen LogP contribution in [-0.4, -0.2) is 44.3 Å². The first kappa shape index (κ1) is 12.7. The molecule has 2 aromatic rings. The Balaban J connectivity index is 1.99. The number of rotatable bonds is 4. The number of nitrogens with zero attached hydrogens (tertiary/aromatic N) is 4. The monoisotopic (exact) mass is 274 g/mol. The topological polar surface area (TPSA) is 90.1 Å². The predicted molar refractivity (Wildman–Crippen MR) is 69.1 cm³/mol. The first-order chi connectivity index (χ1) is 9.75. The number of pyridine rings is 1. The predicted octanol–water partition coefficient (Wildman–Crippen LogP) is 1.07. The molecule has 1 unspecified atom stereocenters. The summed E-state index contributed by atoms with van der Waals surface area (Å²) in [4.78, 5) is 15.3. The zero-order valence-electron chi connectivity index (χ0n) is 10.8. The molecule has 20 heavy (non-hydrogen) atoms. The summed E-state index contributed by atoms with van der Waals surface area (Å²) in [6.45, 7) is 2.02. The van der Waals surface area contributed by atoms with Crippen LogP contribution in [0.1, 0.15) is 16.9 Å². The molecule has 1 aliphatic heterocycles. The van der Waals surface area contributed by atoms with Crippen LogP contribution in [0.2, 0.25) is 0 Å². The highest BCUT2D eigenvalue weighted by Gasteiger charge is 2.24. The highest BCUT2D eigenvalue weighted by Crippen LogP contribution is 2.24. The number of aromatic carboxylic acids is 1. The summed E-state index contributed by atoms with van der Waals surface area (Å²) in [6.07, 6.45) is 4.21. The van der Waals surface area contributed by atoms with Gasteiger partial charge in [0.25, 0.3) is 0 Å². The molecule has 0 radical (unpaired) electrons. The Morgan fingerprint density at radius 3 is 3.10 bits per heavy atom. The summed E-state index contributed by atoms with van der Waals surface area (Å²) in [5, 5.41) is 17.0. The second-order valence-electron chi connectivity index (χ2n) is 4.75. The van der Waals surface area contributed by atoms with Gasteiger partial charge in [0.1, 0.15) is 5.69 Å². The minimum Gasteiger partial charge on any atom is -0.476 e. The molecule has 3 heterocycles. The molecule has 1 saturated heterocycles. The van der Waals surface area contributed by atoms with E-state index in [1.54, 1.807) is 29.2 Å². The highest BCUT2D eigenvalue weighted by molar-refractivity contribution is 5.92. The maximum atomic E-state index is 11.3. The van der Waals surface area contributed by atoms with E-state index in [-0.39, 0.29) is 5.69 Å². The van der Waals surface area contributed by atoms with E-state index in [0.717, 1.165) is 13.0 Å². The standard InChI is InChI=1S/C13H14N4O3/c18-13(19)11-12(10-2-1-4-14-6-10)17(16-15-11)7-9-3-5-20-8-9/h1-2,4,6,9H,3,5,7-8H2,(H,18,19). The van der Waals surface area contributed by atoms with E-state index < -0.39 is 5.97 Å². The fraction of sp³-hybridized carbons (Fsp3) is 0.385.